The Kier molecular flexibility index (Phi) is 5.66. The molecular weight excluding hydrogens is 294 g/mol. The van der Waals surface area contributed by atoms with Crippen molar-refractivity contribution in [3.63, 3.8) is 0 Å². The highest BCUT2D eigenvalue weighted by Crippen LogP contribution is 2.20. The third-order valence-electron chi connectivity index (χ3n) is 3.58. The number of hydrogen-bond acceptors (Lipinski definition) is 6. The van der Waals surface area contributed by atoms with Crippen LogP contribution in [0, 0.1) is 10.1 Å². The molecule has 0 aliphatic carbocycles. The van der Waals surface area contributed by atoms with Crippen molar-refractivity contribution < 1.29 is 13.7 Å². The Bertz CT molecular complexity index is 501. The molecular formula is C13H18N3O4S-. The number of non-ortho nitro benzene ring substituents is 1. The van der Waals surface area contributed by atoms with E-state index >= 15 is 0 Å². The molecule has 116 valence electrons. The molecule has 0 N–H and O–H groups in total. The van der Waals surface area contributed by atoms with Gasteiger partial charge in [0.05, 0.1) is 4.92 Å². The van der Waals surface area contributed by atoms with Gasteiger partial charge in [0.1, 0.15) is 0 Å². The summed E-state index contributed by atoms with van der Waals surface area (Å²) in [6.07, 6.45) is 0.660. The molecule has 1 saturated heterocycles. The average molecular weight is 312 g/mol. The maximum atomic E-state index is 10.6. The van der Waals surface area contributed by atoms with Gasteiger partial charge >= 0.3 is 0 Å². The lowest BCUT2D eigenvalue weighted by atomic mass is 10.2. The molecule has 1 aliphatic heterocycles. The molecule has 0 saturated carbocycles. The Hall–Kier alpha value is -1.51. The second-order valence-electron chi connectivity index (χ2n) is 4.96. The summed E-state index contributed by atoms with van der Waals surface area (Å²) in [7, 11) is 0. The van der Waals surface area contributed by atoms with Crippen molar-refractivity contribution in [3.05, 3.63) is 34.4 Å². The SMILES string of the molecule is O=[N+]([O-])c1ccc(N2CCN(CCCS(=O)[O-])CC2)cc1. The summed E-state index contributed by atoms with van der Waals surface area (Å²) in [5.41, 5.74) is 1.09. The summed E-state index contributed by atoms with van der Waals surface area (Å²) < 4.78 is 21.0. The van der Waals surface area contributed by atoms with Crippen LogP contribution in [0.5, 0.6) is 0 Å². The first-order valence-electron chi connectivity index (χ1n) is 6.84. The van der Waals surface area contributed by atoms with Gasteiger partial charge in [-0.1, -0.05) is 11.1 Å². The van der Waals surface area contributed by atoms with Crippen molar-refractivity contribution >= 4 is 22.5 Å². The van der Waals surface area contributed by atoms with Gasteiger partial charge in [-0.3, -0.25) is 19.2 Å². The quantitative estimate of drug-likeness (QED) is 0.442. The molecule has 2 rings (SSSR count). The highest BCUT2D eigenvalue weighted by molar-refractivity contribution is 7.79. The van der Waals surface area contributed by atoms with E-state index in [2.05, 4.69) is 9.80 Å². The Morgan fingerprint density at radius 2 is 1.76 bits per heavy atom. The van der Waals surface area contributed by atoms with E-state index in [0.29, 0.717) is 6.42 Å². The second kappa shape index (κ2) is 7.48. The van der Waals surface area contributed by atoms with Crippen LogP contribution >= 0.6 is 0 Å². The van der Waals surface area contributed by atoms with Crippen LogP contribution in [-0.2, 0) is 11.1 Å². The van der Waals surface area contributed by atoms with Crippen LogP contribution in [0.4, 0.5) is 11.4 Å². The molecule has 1 fully saturated rings. The fourth-order valence-electron chi connectivity index (χ4n) is 2.42. The molecule has 1 aromatic carbocycles. The normalized spacial score (nSPS) is 17.7. The average Bonchev–Trinajstić information content (AvgIpc) is 2.48. The number of rotatable bonds is 6. The Labute approximate surface area is 126 Å². The van der Waals surface area contributed by atoms with Crippen LogP contribution in [0.15, 0.2) is 24.3 Å². The molecule has 0 spiro atoms. The molecule has 1 atom stereocenters. The minimum Gasteiger partial charge on any atom is -0.772 e. The number of hydrogen-bond donors (Lipinski definition) is 0. The molecule has 8 heteroatoms. The van der Waals surface area contributed by atoms with Crippen LogP contribution in [0.25, 0.3) is 0 Å². The standard InChI is InChI=1S/C13H19N3O4S/c17-16(18)13-4-2-12(3-5-13)15-9-7-14(8-10-15)6-1-11-21(19)20/h2-5H,1,6-11H2,(H,19,20)/p-1. The summed E-state index contributed by atoms with van der Waals surface area (Å²) in [4.78, 5) is 14.7. The molecule has 21 heavy (non-hydrogen) atoms. The summed E-state index contributed by atoms with van der Waals surface area (Å²) in [5.74, 6) is 0.211. The summed E-state index contributed by atoms with van der Waals surface area (Å²) in [5, 5.41) is 10.6. The number of nitro groups is 1. The monoisotopic (exact) mass is 312 g/mol. The van der Waals surface area contributed by atoms with Crippen molar-refractivity contribution in [1.82, 2.24) is 4.90 Å². The molecule has 0 amide bonds. The van der Waals surface area contributed by atoms with E-state index < -0.39 is 16.0 Å². The van der Waals surface area contributed by atoms with E-state index in [0.717, 1.165) is 38.4 Å². The van der Waals surface area contributed by atoms with Gasteiger partial charge in [0.2, 0.25) is 0 Å². The highest BCUT2D eigenvalue weighted by Gasteiger charge is 2.17. The van der Waals surface area contributed by atoms with E-state index in [4.69, 9.17) is 0 Å². The minimum atomic E-state index is -1.95. The smallest absolute Gasteiger partial charge is 0.269 e. The highest BCUT2D eigenvalue weighted by atomic mass is 32.2. The van der Waals surface area contributed by atoms with Crippen LogP contribution < -0.4 is 4.90 Å². The summed E-state index contributed by atoms with van der Waals surface area (Å²) >= 11 is -1.95. The molecule has 0 aromatic heterocycles. The number of nitro benzene ring substituents is 1. The van der Waals surface area contributed by atoms with Crippen molar-refractivity contribution in [2.75, 3.05) is 43.4 Å². The van der Waals surface area contributed by atoms with Crippen molar-refractivity contribution in [2.24, 2.45) is 0 Å². The first kappa shape index (κ1) is 15.9. The molecule has 1 aromatic rings. The van der Waals surface area contributed by atoms with Gasteiger partial charge in [-0.05, 0) is 25.1 Å². The van der Waals surface area contributed by atoms with Gasteiger partial charge in [-0.25, -0.2) is 0 Å². The Morgan fingerprint density at radius 3 is 2.29 bits per heavy atom. The predicted octanol–water partition coefficient (Wildman–Crippen LogP) is 0.986. The lowest BCUT2D eigenvalue weighted by Crippen LogP contribution is -2.46. The van der Waals surface area contributed by atoms with E-state index in [-0.39, 0.29) is 11.4 Å². The van der Waals surface area contributed by atoms with Crippen molar-refractivity contribution in [1.29, 1.82) is 0 Å². The van der Waals surface area contributed by atoms with Gasteiger partial charge in [0, 0.05) is 49.8 Å². The van der Waals surface area contributed by atoms with Gasteiger partial charge in [-0.15, -0.1) is 0 Å². The van der Waals surface area contributed by atoms with Crippen molar-refractivity contribution in [2.45, 2.75) is 6.42 Å². The second-order valence-corrected chi connectivity index (χ2v) is 5.98. The van der Waals surface area contributed by atoms with Crippen LogP contribution in [0.2, 0.25) is 0 Å². The Morgan fingerprint density at radius 1 is 1.14 bits per heavy atom. The zero-order valence-corrected chi connectivity index (χ0v) is 12.5. The maximum Gasteiger partial charge on any atom is 0.269 e. The number of anilines is 1. The molecule has 1 aliphatic rings. The predicted molar refractivity (Wildman–Crippen MR) is 80.2 cm³/mol. The third kappa shape index (κ3) is 4.76. The van der Waals surface area contributed by atoms with Crippen molar-refractivity contribution in [3.8, 4) is 0 Å². The van der Waals surface area contributed by atoms with Gasteiger partial charge in [-0.2, -0.15) is 0 Å². The fraction of sp³-hybridized carbons (Fsp3) is 0.538. The first-order valence-corrected chi connectivity index (χ1v) is 8.08. The molecule has 0 radical (unpaired) electrons. The molecule has 1 heterocycles. The van der Waals surface area contributed by atoms with E-state index in [1.165, 1.54) is 12.1 Å². The summed E-state index contributed by atoms with van der Waals surface area (Å²) in [6.45, 7) is 4.24. The van der Waals surface area contributed by atoms with Crippen LogP contribution in [0.1, 0.15) is 6.42 Å². The zero-order valence-electron chi connectivity index (χ0n) is 11.6. The maximum absolute atomic E-state index is 10.6. The third-order valence-corrected chi connectivity index (χ3v) is 4.21. The van der Waals surface area contributed by atoms with Crippen LogP contribution in [-0.4, -0.2) is 57.1 Å². The largest absolute Gasteiger partial charge is 0.772 e. The van der Waals surface area contributed by atoms with Gasteiger partial charge < -0.3 is 9.45 Å². The van der Waals surface area contributed by atoms with Crippen LogP contribution in [0.3, 0.4) is 0 Å². The summed E-state index contributed by atoms with van der Waals surface area (Å²) in [6, 6.07) is 6.58. The topological polar surface area (TPSA) is 89.8 Å². The molecule has 0 bridgehead atoms. The van der Waals surface area contributed by atoms with E-state index in [9.17, 15) is 18.9 Å². The minimum absolute atomic E-state index is 0.1000. The zero-order chi connectivity index (χ0) is 15.2. The van der Waals surface area contributed by atoms with Gasteiger partial charge in [0.15, 0.2) is 0 Å². The number of nitrogens with zero attached hydrogens (tertiary/aromatic N) is 3. The van der Waals surface area contributed by atoms with E-state index in [1.807, 2.05) is 0 Å². The molecule has 7 nitrogen and oxygen atoms in total. The fourth-order valence-corrected chi connectivity index (χ4v) is 2.79. The Balaban J connectivity index is 1.80. The lowest BCUT2D eigenvalue weighted by molar-refractivity contribution is -0.384. The van der Waals surface area contributed by atoms with Gasteiger partial charge in [0.25, 0.3) is 5.69 Å². The first-order chi connectivity index (χ1) is 10.1. The molecule has 1 unspecified atom stereocenters. The van der Waals surface area contributed by atoms with E-state index in [1.54, 1.807) is 12.1 Å². The lowest BCUT2D eigenvalue weighted by Gasteiger charge is -2.36. The number of piperazine rings is 1. The number of benzene rings is 1.